The minimum absolute atomic E-state index is 0.235. The number of alkyl halides is 3. The third-order valence-corrected chi connectivity index (χ3v) is 2.33. The third-order valence-electron chi connectivity index (χ3n) is 2.33. The van der Waals surface area contributed by atoms with Crippen LogP contribution in [-0.2, 0) is 12.6 Å². The van der Waals surface area contributed by atoms with Crippen LogP contribution in [0.25, 0.3) is 0 Å². The molecule has 1 rings (SSSR count). The number of nitrogens with two attached hydrogens (primary N) is 2. The standard InChI is InChI=1S/C10H12F3N3O2/c11-10(12,13)7-5-6(2-4-9(14)15)1-3-8(7)16(17)18/h1,3,5,9H,2,4,14-15H2. The molecule has 0 atom stereocenters. The van der Waals surface area contributed by atoms with Crippen LogP contribution in [-0.4, -0.2) is 11.1 Å². The molecule has 0 amide bonds. The maximum absolute atomic E-state index is 12.6. The maximum Gasteiger partial charge on any atom is 0.423 e. The first-order valence-electron chi connectivity index (χ1n) is 5.07. The SMILES string of the molecule is NC(N)CCc1ccc([N+](=O)[O-])c(C(F)(F)F)c1. The van der Waals surface area contributed by atoms with Crippen LogP contribution >= 0.6 is 0 Å². The van der Waals surface area contributed by atoms with Gasteiger partial charge in [-0.05, 0) is 24.5 Å². The van der Waals surface area contributed by atoms with Gasteiger partial charge in [-0.3, -0.25) is 10.1 Å². The molecule has 1 aromatic carbocycles. The molecule has 0 aliphatic heterocycles. The van der Waals surface area contributed by atoms with Gasteiger partial charge in [0.05, 0.1) is 11.1 Å². The lowest BCUT2D eigenvalue weighted by Crippen LogP contribution is -2.30. The molecule has 0 aliphatic rings. The van der Waals surface area contributed by atoms with Gasteiger partial charge >= 0.3 is 6.18 Å². The molecule has 0 bridgehead atoms. The Labute approximate surface area is 101 Å². The minimum Gasteiger partial charge on any atom is -0.316 e. The Kier molecular flexibility index (Phi) is 4.25. The van der Waals surface area contributed by atoms with Crippen LogP contribution in [0.3, 0.4) is 0 Å². The van der Waals surface area contributed by atoms with Crippen molar-refractivity contribution in [1.29, 1.82) is 0 Å². The van der Waals surface area contributed by atoms with Crippen LogP contribution in [0.2, 0.25) is 0 Å². The first kappa shape index (κ1) is 14.4. The van der Waals surface area contributed by atoms with Gasteiger partial charge in [0.25, 0.3) is 5.69 Å². The van der Waals surface area contributed by atoms with Crippen molar-refractivity contribution in [3.8, 4) is 0 Å². The number of halogens is 3. The van der Waals surface area contributed by atoms with E-state index >= 15 is 0 Å². The third kappa shape index (κ3) is 3.67. The van der Waals surface area contributed by atoms with Crippen LogP contribution in [0, 0.1) is 10.1 Å². The van der Waals surface area contributed by atoms with Crippen LogP contribution in [0.1, 0.15) is 17.5 Å². The van der Waals surface area contributed by atoms with Crippen molar-refractivity contribution >= 4 is 5.69 Å². The molecular formula is C10H12F3N3O2. The predicted octanol–water partition coefficient (Wildman–Crippen LogP) is 1.79. The smallest absolute Gasteiger partial charge is 0.316 e. The van der Waals surface area contributed by atoms with E-state index in [1.165, 1.54) is 6.07 Å². The number of hydrogen-bond acceptors (Lipinski definition) is 4. The molecule has 5 nitrogen and oxygen atoms in total. The Morgan fingerprint density at radius 3 is 2.39 bits per heavy atom. The molecule has 8 heteroatoms. The van der Waals surface area contributed by atoms with Gasteiger partial charge in [-0.15, -0.1) is 0 Å². The molecule has 18 heavy (non-hydrogen) atoms. The van der Waals surface area contributed by atoms with Gasteiger partial charge < -0.3 is 11.5 Å². The van der Waals surface area contributed by atoms with E-state index in [0.29, 0.717) is 12.0 Å². The van der Waals surface area contributed by atoms with Crippen LogP contribution in [0.5, 0.6) is 0 Å². The number of rotatable bonds is 4. The summed E-state index contributed by atoms with van der Waals surface area (Å²) in [6.07, 6.45) is -4.86. The second-order valence-electron chi connectivity index (χ2n) is 3.81. The number of aryl methyl sites for hydroxylation is 1. The molecule has 0 aromatic heterocycles. The number of benzene rings is 1. The first-order valence-corrected chi connectivity index (χ1v) is 5.07. The van der Waals surface area contributed by atoms with Crippen molar-refractivity contribution < 1.29 is 18.1 Å². The van der Waals surface area contributed by atoms with Gasteiger partial charge in [0.15, 0.2) is 0 Å². The Hall–Kier alpha value is -1.67. The van der Waals surface area contributed by atoms with Gasteiger partial charge in [-0.25, -0.2) is 0 Å². The number of nitrogens with zero attached hydrogens (tertiary/aromatic N) is 1. The molecule has 0 saturated carbocycles. The number of hydrogen-bond donors (Lipinski definition) is 2. The highest BCUT2D eigenvalue weighted by molar-refractivity contribution is 5.44. The largest absolute Gasteiger partial charge is 0.423 e. The highest BCUT2D eigenvalue weighted by Crippen LogP contribution is 2.36. The lowest BCUT2D eigenvalue weighted by molar-refractivity contribution is -0.388. The summed E-state index contributed by atoms with van der Waals surface area (Å²) in [5.74, 6) is 0. The van der Waals surface area contributed by atoms with Crippen molar-refractivity contribution in [2.75, 3.05) is 0 Å². The van der Waals surface area contributed by atoms with E-state index in [-0.39, 0.29) is 6.42 Å². The highest BCUT2D eigenvalue weighted by atomic mass is 19.4. The molecule has 100 valence electrons. The fourth-order valence-corrected chi connectivity index (χ4v) is 1.46. The van der Waals surface area contributed by atoms with Crippen LogP contribution in [0.15, 0.2) is 18.2 Å². The number of nitro benzene ring substituents is 1. The average Bonchev–Trinajstić information content (AvgIpc) is 2.24. The zero-order valence-corrected chi connectivity index (χ0v) is 9.28. The fraction of sp³-hybridized carbons (Fsp3) is 0.400. The van der Waals surface area contributed by atoms with Crippen LogP contribution in [0.4, 0.5) is 18.9 Å². The summed E-state index contributed by atoms with van der Waals surface area (Å²) in [5, 5.41) is 10.5. The molecule has 0 saturated heterocycles. The van der Waals surface area contributed by atoms with Gasteiger partial charge in [0.2, 0.25) is 0 Å². The topological polar surface area (TPSA) is 95.2 Å². The van der Waals surface area contributed by atoms with E-state index in [2.05, 4.69) is 0 Å². The average molecular weight is 263 g/mol. The summed E-state index contributed by atoms with van der Waals surface area (Å²) in [4.78, 5) is 9.46. The van der Waals surface area contributed by atoms with E-state index in [1.807, 2.05) is 0 Å². The Bertz CT molecular complexity index is 446. The summed E-state index contributed by atoms with van der Waals surface area (Å²) < 4.78 is 37.9. The normalized spacial score (nSPS) is 11.9. The van der Waals surface area contributed by atoms with Crippen molar-refractivity contribution in [3.63, 3.8) is 0 Å². The lowest BCUT2D eigenvalue weighted by Gasteiger charge is -2.10. The predicted molar refractivity (Wildman–Crippen MR) is 58.6 cm³/mol. The zero-order chi connectivity index (χ0) is 13.9. The quantitative estimate of drug-likeness (QED) is 0.491. The van der Waals surface area contributed by atoms with Gasteiger partial charge in [0.1, 0.15) is 5.56 Å². The zero-order valence-electron chi connectivity index (χ0n) is 9.28. The van der Waals surface area contributed by atoms with Gasteiger partial charge in [-0.2, -0.15) is 13.2 Å². The summed E-state index contributed by atoms with van der Waals surface area (Å²) in [7, 11) is 0. The fourth-order valence-electron chi connectivity index (χ4n) is 1.46. The number of nitro groups is 1. The Morgan fingerprint density at radius 2 is 1.94 bits per heavy atom. The molecule has 0 heterocycles. The minimum atomic E-state index is -4.76. The lowest BCUT2D eigenvalue weighted by atomic mass is 10.0. The second kappa shape index (κ2) is 5.32. The molecule has 0 fully saturated rings. The maximum atomic E-state index is 12.6. The summed E-state index contributed by atoms with van der Waals surface area (Å²) in [5.41, 5.74) is 8.68. The van der Waals surface area contributed by atoms with E-state index in [1.54, 1.807) is 0 Å². The van der Waals surface area contributed by atoms with E-state index in [9.17, 15) is 23.3 Å². The van der Waals surface area contributed by atoms with Gasteiger partial charge in [0, 0.05) is 6.07 Å². The summed E-state index contributed by atoms with van der Waals surface area (Å²) in [6, 6.07) is 2.89. The Morgan fingerprint density at radius 1 is 1.33 bits per heavy atom. The molecule has 1 aromatic rings. The molecule has 0 spiro atoms. The molecule has 4 N–H and O–H groups in total. The Balaban J connectivity index is 3.10. The second-order valence-corrected chi connectivity index (χ2v) is 3.81. The summed E-state index contributed by atoms with van der Waals surface area (Å²) >= 11 is 0. The monoisotopic (exact) mass is 263 g/mol. The molecule has 0 aliphatic carbocycles. The summed E-state index contributed by atoms with van der Waals surface area (Å²) in [6.45, 7) is 0. The van der Waals surface area contributed by atoms with E-state index < -0.39 is 28.5 Å². The van der Waals surface area contributed by atoms with Crippen molar-refractivity contribution in [2.24, 2.45) is 11.5 Å². The van der Waals surface area contributed by atoms with E-state index in [0.717, 1.165) is 12.1 Å². The molecular weight excluding hydrogens is 251 g/mol. The van der Waals surface area contributed by atoms with Crippen molar-refractivity contribution in [2.45, 2.75) is 25.2 Å². The molecule has 0 radical (unpaired) electrons. The van der Waals surface area contributed by atoms with Crippen molar-refractivity contribution in [1.82, 2.24) is 0 Å². The first-order chi connectivity index (χ1) is 8.21. The highest BCUT2D eigenvalue weighted by Gasteiger charge is 2.38. The van der Waals surface area contributed by atoms with Crippen LogP contribution < -0.4 is 11.5 Å². The molecule has 0 unspecified atom stereocenters. The van der Waals surface area contributed by atoms with E-state index in [4.69, 9.17) is 11.5 Å². The van der Waals surface area contributed by atoms with Gasteiger partial charge in [-0.1, -0.05) is 6.07 Å². The van der Waals surface area contributed by atoms with Crippen molar-refractivity contribution in [3.05, 3.63) is 39.4 Å².